The minimum absolute atomic E-state index is 0.332. The van der Waals surface area contributed by atoms with Gasteiger partial charge in [-0.15, -0.1) is 0 Å². The maximum absolute atomic E-state index is 5.35. The second-order valence-corrected chi connectivity index (χ2v) is 4.91. The Labute approximate surface area is 114 Å². The topological polar surface area (TPSA) is 21.7 Å². The van der Waals surface area contributed by atoms with Crippen molar-refractivity contribution in [2.24, 2.45) is 0 Å². The van der Waals surface area contributed by atoms with Gasteiger partial charge in [-0.25, -0.2) is 0 Å². The summed E-state index contributed by atoms with van der Waals surface area (Å²) in [6.45, 7) is 3.89. The summed E-state index contributed by atoms with van der Waals surface area (Å²) in [7, 11) is 0. The second kappa shape index (κ2) is 5.93. The van der Waals surface area contributed by atoms with Crippen molar-refractivity contribution >= 4 is 6.08 Å². The largest absolute Gasteiger partial charge is 0.454 e. The van der Waals surface area contributed by atoms with Gasteiger partial charge in [0, 0.05) is 6.54 Å². The van der Waals surface area contributed by atoms with Gasteiger partial charge < -0.3 is 9.47 Å². The first kappa shape index (κ1) is 12.3. The Morgan fingerprint density at radius 3 is 2.79 bits per heavy atom. The molecule has 2 heterocycles. The highest BCUT2D eigenvalue weighted by Gasteiger charge is 2.12. The van der Waals surface area contributed by atoms with Gasteiger partial charge in [0.25, 0.3) is 0 Å². The van der Waals surface area contributed by atoms with E-state index in [1.54, 1.807) is 0 Å². The third-order valence-corrected chi connectivity index (χ3v) is 3.49. The van der Waals surface area contributed by atoms with Gasteiger partial charge >= 0.3 is 0 Å². The van der Waals surface area contributed by atoms with Crippen LogP contribution in [0.5, 0.6) is 11.5 Å². The van der Waals surface area contributed by atoms with Crippen molar-refractivity contribution in [3.8, 4) is 11.5 Å². The summed E-state index contributed by atoms with van der Waals surface area (Å²) < 4.78 is 10.6. The third kappa shape index (κ3) is 3.18. The number of allylic oxidation sites excluding steroid dienone is 2. The molecule has 0 bridgehead atoms. The molecule has 2 aliphatic heterocycles. The van der Waals surface area contributed by atoms with E-state index >= 15 is 0 Å². The van der Waals surface area contributed by atoms with Crippen molar-refractivity contribution in [1.29, 1.82) is 0 Å². The Morgan fingerprint density at radius 2 is 1.89 bits per heavy atom. The quantitative estimate of drug-likeness (QED) is 0.774. The SMILES string of the molecule is C(/C=C/c1ccc2c(c1)OCO2)=C\CN1CCCC1. The van der Waals surface area contributed by atoms with Crippen molar-refractivity contribution < 1.29 is 9.47 Å². The summed E-state index contributed by atoms with van der Waals surface area (Å²) in [5.74, 6) is 1.67. The number of nitrogens with zero attached hydrogens (tertiary/aromatic N) is 1. The van der Waals surface area contributed by atoms with E-state index in [0.29, 0.717) is 6.79 Å². The van der Waals surface area contributed by atoms with Crippen molar-refractivity contribution in [3.63, 3.8) is 0 Å². The molecule has 1 saturated heterocycles. The molecule has 100 valence electrons. The molecule has 1 aromatic rings. The highest BCUT2D eigenvalue weighted by Crippen LogP contribution is 2.32. The molecule has 0 N–H and O–H groups in total. The molecule has 0 saturated carbocycles. The summed E-state index contributed by atoms with van der Waals surface area (Å²) in [6.07, 6.45) is 11.2. The van der Waals surface area contributed by atoms with Crippen LogP contribution in [0.25, 0.3) is 6.08 Å². The second-order valence-electron chi connectivity index (χ2n) is 4.91. The molecule has 19 heavy (non-hydrogen) atoms. The average molecular weight is 257 g/mol. The molecular weight excluding hydrogens is 238 g/mol. The molecule has 3 heteroatoms. The van der Waals surface area contributed by atoms with Crippen LogP contribution in [0.4, 0.5) is 0 Å². The first-order valence-electron chi connectivity index (χ1n) is 6.87. The lowest BCUT2D eigenvalue weighted by atomic mass is 10.2. The summed E-state index contributed by atoms with van der Waals surface area (Å²) in [4.78, 5) is 2.48. The van der Waals surface area contributed by atoms with E-state index in [2.05, 4.69) is 29.2 Å². The molecule has 3 rings (SSSR count). The number of ether oxygens (including phenoxy) is 2. The summed E-state index contributed by atoms with van der Waals surface area (Å²) in [6, 6.07) is 6.00. The number of hydrogen-bond donors (Lipinski definition) is 0. The molecule has 0 radical (unpaired) electrons. The van der Waals surface area contributed by atoms with Crippen LogP contribution in [0.3, 0.4) is 0 Å². The fraction of sp³-hybridized carbons (Fsp3) is 0.375. The van der Waals surface area contributed by atoms with Gasteiger partial charge in [0.05, 0.1) is 0 Å². The molecule has 0 spiro atoms. The Kier molecular flexibility index (Phi) is 3.84. The first-order valence-corrected chi connectivity index (χ1v) is 6.87. The summed E-state index contributed by atoms with van der Waals surface area (Å²) in [5, 5.41) is 0. The lowest BCUT2D eigenvalue weighted by Crippen LogP contribution is -2.18. The molecule has 0 aliphatic carbocycles. The zero-order valence-corrected chi connectivity index (χ0v) is 11.0. The molecule has 3 nitrogen and oxygen atoms in total. The maximum atomic E-state index is 5.35. The van der Waals surface area contributed by atoms with Crippen LogP contribution in [0, 0.1) is 0 Å². The lowest BCUT2D eigenvalue weighted by molar-refractivity contribution is 0.174. The zero-order chi connectivity index (χ0) is 12.9. The maximum Gasteiger partial charge on any atom is 0.231 e. The standard InChI is InChI=1S/C16H19NO2/c1(3-9-17-10-4-5-11-17)2-6-14-7-8-15-16(12-14)19-13-18-15/h1-3,6-8,12H,4-5,9-11,13H2/b3-1+,6-2+. The first-order chi connectivity index (χ1) is 9.42. The van der Waals surface area contributed by atoms with Gasteiger partial charge in [0.15, 0.2) is 11.5 Å². The number of fused-ring (bicyclic) bond motifs is 1. The molecular formula is C16H19NO2. The number of rotatable bonds is 4. The molecule has 1 fully saturated rings. The van der Waals surface area contributed by atoms with Crippen LogP contribution in [0.1, 0.15) is 18.4 Å². The fourth-order valence-electron chi connectivity index (χ4n) is 2.44. The van der Waals surface area contributed by atoms with Gasteiger partial charge in [-0.2, -0.15) is 0 Å². The smallest absolute Gasteiger partial charge is 0.231 e. The van der Waals surface area contributed by atoms with Crippen molar-refractivity contribution in [2.45, 2.75) is 12.8 Å². The average Bonchev–Trinajstić information content (AvgIpc) is 3.08. The monoisotopic (exact) mass is 257 g/mol. The fourth-order valence-corrected chi connectivity index (χ4v) is 2.44. The lowest BCUT2D eigenvalue weighted by Gasteiger charge is -2.09. The van der Waals surface area contributed by atoms with Gasteiger partial charge in [0.2, 0.25) is 6.79 Å². The van der Waals surface area contributed by atoms with Crippen LogP contribution < -0.4 is 9.47 Å². The number of hydrogen-bond acceptors (Lipinski definition) is 3. The minimum atomic E-state index is 0.332. The molecule has 0 aromatic heterocycles. The molecule has 0 unspecified atom stereocenters. The zero-order valence-electron chi connectivity index (χ0n) is 11.0. The van der Waals surface area contributed by atoms with Crippen molar-refractivity contribution in [2.75, 3.05) is 26.4 Å². The summed E-state index contributed by atoms with van der Waals surface area (Å²) in [5.41, 5.74) is 1.13. The van der Waals surface area contributed by atoms with E-state index in [0.717, 1.165) is 23.6 Å². The highest BCUT2D eigenvalue weighted by atomic mass is 16.7. The van der Waals surface area contributed by atoms with Crippen LogP contribution in [-0.4, -0.2) is 31.3 Å². The number of likely N-dealkylation sites (tertiary alicyclic amines) is 1. The number of benzene rings is 1. The van der Waals surface area contributed by atoms with Gasteiger partial charge in [-0.1, -0.05) is 30.4 Å². The Morgan fingerprint density at radius 1 is 1.05 bits per heavy atom. The van der Waals surface area contributed by atoms with Gasteiger partial charge in [-0.3, -0.25) is 4.90 Å². The minimum Gasteiger partial charge on any atom is -0.454 e. The predicted octanol–water partition coefficient (Wildman–Crippen LogP) is 3.08. The van der Waals surface area contributed by atoms with E-state index < -0.39 is 0 Å². The molecule has 0 atom stereocenters. The summed E-state index contributed by atoms with van der Waals surface area (Å²) >= 11 is 0. The van der Waals surface area contributed by atoms with Crippen LogP contribution in [0.15, 0.2) is 36.4 Å². The van der Waals surface area contributed by atoms with E-state index in [1.165, 1.54) is 25.9 Å². The molecule has 0 amide bonds. The Hall–Kier alpha value is -1.74. The van der Waals surface area contributed by atoms with E-state index in [1.807, 2.05) is 18.2 Å². The van der Waals surface area contributed by atoms with E-state index in [4.69, 9.17) is 9.47 Å². The van der Waals surface area contributed by atoms with Crippen LogP contribution >= 0.6 is 0 Å². The van der Waals surface area contributed by atoms with Crippen LogP contribution in [0.2, 0.25) is 0 Å². The Balaban J connectivity index is 1.52. The highest BCUT2D eigenvalue weighted by molar-refractivity contribution is 5.57. The molecule has 2 aliphatic rings. The van der Waals surface area contributed by atoms with Crippen LogP contribution in [-0.2, 0) is 0 Å². The molecule has 1 aromatic carbocycles. The predicted molar refractivity (Wildman–Crippen MR) is 76.4 cm³/mol. The van der Waals surface area contributed by atoms with Crippen molar-refractivity contribution in [1.82, 2.24) is 4.90 Å². The van der Waals surface area contributed by atoms with E-state index in [-0.39, 0.29) is 0 Å². The van der Waals surface area contributed by atoms with Crippen molar-refractivity contribution in [3.05, 3.63) is 42.0 Å². The van der Waals surface area contributed by atoms with Gasteiger partial charge in [0.1, 0.15) is 0 Å². The normalized spacial score (nSPS) is 18.9. The van der Waals surface area contributed by atoms with E-state index in [9.17, 15) is 0 Å². The van der Waals surface area contributed by atoms with Gasteiger partial charge in [-0.05, 0) is 43.6 Å². The Bertz CT molecular complexity index is 488. The third-order valence-electron chi connectivity index (χ3n) is 3.49.